The monoisotopic (exact) mass is 458 g/mol. The number of aryl methyl sites for hydroxylation is 1. The first kappa shape index (κ1) is 22.7. The van der Waals surface area contributed by atoms with Crippen LogP contribution in [-0.2, 0) is 27.2 Å². The Morgan fingerprint density at radius 2 is 2.00 bits per heavy atom. The van der Waals surface area contributed by atoms with E-state index >= 15 is 0 Å². The molecule has 0 bridgehead atoms. The summed E-state index contributed by atoms with van der Waals surface area (Å²) in [6.07, 6.45) is 0.563. The number of hydrogen-bond donors (Lipinski definition) is 2. The number of rotatable bonds is 9. The largest absolute Gasteiger partial charge is 0.466 e. The smallest absolute Gasteiger partial charge is 0.311 e. The van der Waals surface area contributed by atoms with Crippen molar-refractivity contribution in [3.63, 3.8) is 0 Å². The van der Waals surface area contributed by atoms with Gasteiger partial charge in [-0.3, -0.25) is 14.4 Å². The third kappa shape index (κ3) is 6.76. The van der Waals surface area contributed by atoms with Gasteiger partial charge in [-0.05, 0) is 19.4 Å². The van der Waals surface area contributed by atoms with Gasteiger partial charge in [0.15, 0.2) is 10.3 Å². The summed E-state index contributed by atoms with van der Waals surface area (Å²) in [5.41, 5.74) is 2.62. The number of carbonyl (C=O) groups excluding carboxylic acids is 2. The number of H-pyrrole nitrogens is 1. The van der Waals surface area contributed by atoms with Gasteiger partial charge in [0.2, 0.25) is 5.91 Å². The van der Waals surface area contributed by atoms with Crippen LogP contribution in [0.15, 0.2) is 45.7 Å². The van der Waals surface area contributed by atoms with Gasteiger partial charge in [-0.1, -0.05) is 42.1 Å². The summed E-state index contributed by atoms with van der Waals surface area (Å²) in [5.74, 6) is -0.578. The molecule has 2 aromatic heterocycles. The average molecular weight is 459 g/mol. The molecule has 0 unspecified atom stereocenters. The predicted octanol–water partition coefficient (Wildman–Crippen LogP) is 2.96. The lowest BCUT2D eigenvalue weighted by atomic mass is 10.1. The molecule has 3 aromatic rings. The van der Waals surface area contributed by atoms with Crippen molar-refractivity contribution in [2.45, 2.75) is 31.8 Å². The maximum atomic E-state index is 12.5. The van der Waals surface area contributed by atoms with Crippen molar-refractivity contribution in [1.29, 1.82) is 0 Å². The maximum absolute atomic E-state index is 12.5. The highest BCUT2D eigenvalue weighted by Crippen LogP contribution is 2.18. The second kappa shape index (κ2) is 10.9. The van der Waals surface area contributed by atoms with Crippen molar-refractivity contribution in [2.75, 3.05) is 17.7 Å². The molecular formula is C21H22N4O4S2. The average Bonchev–Trinajstić information content (AvgIpc) is 3.16. The molecular weight excluding hydrogens is 436 g/mol. The first-order chi connectivity index (χ1) is 14.9. The van der Waals surface area contributed by atoms with E-state index in [-0.39, 0.29) is 29.6 Å². The van der Waals surface area contributed by atoms with E-state index in [4.69, 9.17) is 4.74 Å². The molecule has 0 aliphatic rings. The number of thioether (sulfide) groups is 1. The molecule has 0 spiro atoms. The van der Waals surface area contributed by atoms with E-state index in [1.807, 2.05) is 30.3 Å². The first-order valence-electron chi connectivity index (χ1n) is 9.61. The minimum atomic E-state index is -0.359. The summed E-state index contributed by atoms with van der Waals surface area (Å²) in [6.45, 7) is 3.84. The summed E-state index contributed by atoms with van der Waals surface area (Å²) < 4.78 is 4.88. The summed E-state index contributed by atoms with van der Waals surface area (Å²) in [5, 5.41) is 5.18. The van der Waals surface area contributed by atoms with E-state index in [0.29, 0.717) is 40.3 Å². The molecule has 162 valence electrons. The second-order valence-corrected chi connectivity index (χ2v) is 8.38. The Bertz CT molecular complexity index is 1110. The predicted molar refractivity (Wildman–Crippen MR) is 121 cm³/mol. The zero-order valence-corrected chi connectivity index (χ0v) is 18.8. The van der Waals surface area contributed by atoms with E-state index in [1.165, 1.54) is 11.3 Å². The lowest BCUT2D eigenvalue weighted by molar-refractivity contribution is -0.142. The van der Waals surface area contributed by atoms with Gasteiger partial charge in [0.1, 0.15) is 0 Å². The molecule has 3 rings (SSSR count). The number of benzene rings is 1. The van der Waals surface area contributed by atoms with Crippen LogP contribution in [0.3, 0.4) is 0 Å². The highest BCUT2D eigenvalue weighted by molar-refractivity contribution is 7.99. The first-order valence-corrected chi connectivity index (χ1v) is 11.5. The second-order valence-electron chi connectivity index (χ2n) is 6.56. The van der Waals surface area contributed by atoms with E-state index in [2.05, 4.69) is 20.3 Å². The molecule has 0 saturated heterocycles. The number of anilines is 1. The molecule has 0 atom stereocenters. The van der Waals surface area contributed by atoms with Crippen LogP contribution in [0.5, 0.6) is 0 Å². The van der Waals surface area contributed by atoms with Crippen LogP contribution in [0, 0.1) is 6.92 Å². The van der Waals surface area contributed by atoms with Crippen molar-refractivity contribution in [2.24, 2.45) is 0 Å². The number of esters is 1. The van der Waals surface area contributed by atoms with E-state index in [9.17, 15) is 14.4 Å². The van der Waals surface area contributed by atoms with E-state index < -0.39 is 0 Å². The van der Waals surface area contributed by atoms with Crippen LogP contribution in [0.2, 0.25) is 0 Å². The highest BCUT2D eigenvalue weighted by atomic mass is 32.2. The third-order valence-electron chi connectivity index (χ3n) is 4.19. The van der Waals surface area contributed by atoms with Crippen LogP contribution < -0.4 is 10.9 Å². The Morgan fingerprint density at radius 1 is 1.23 bits per heavy atom. The molecule has 2 heterocycles. The highest BCUT2D eigenvalue weighted by Gasteiger charge is 2.13. The third-order valence-corrected chi connectivity index (χ3v) is 5.87. The van der Waals surface area contributed by atoms with Crippen molar-refractivity contribution < 1.29 is 14.3 Å². The number of ether oxygens (including phenoxy) is 1. The fourth-order valence-corrected chi connectivity index (χ4v) is 4.19. The quantitative estimate of drug-likeness (QED) is 0.288. The van der Waals surface area contributed by atoms with Gasteiger partial charge in [-0.25, -0.2) is 9.97 Å². The van der Waals surface area contributed by atoms with Crippen molar-refractivity contribution in [3.8, 4) is 0 Å². The lowest BCUT2D eigenvalue weighted by Gasteiger charge is -2.07. The molecule has 31 heavy (non-hydrogen) atoms. The van der Waals surface area contributed by atoms with Gasteiger partial charge < -0.3 is 15.0 Å². The van der Waals surface area contributed by atoms with Gasteiger partial charge in [-0.15, -0.1) is 11.3 Å². The Kier molecular flexibility index (Phi) is 7.96. The molecule has 0 saturated carbocycles. The summed E-state index contributed by atoms with van der Waals surface area (Å²) in [4.78, 5) is 47.6. The van der Waals surface area contributed by atoms with Gasteiger partial charge >= 0.3 is 5.97 Å². The van der Waals surface area contributed by atoms with Crippen LogP contribution in [0.25, 0.3) is 0 Å². The summed E-state index contributed by atoms with van der Waals surface area (Å²) in [6, 6.07) is 9.70. The van der Waals surface area contributed by atoms with Gasteiger partial charge in [-0.2, -0.15) is 0 Å². The fraction of sp³-hybridized carbons (Fsp3) is 0.286. The number of thiazole rings is 1. The van der Waals surface area contributed by atoms with Gasteiger partial charge in [0.25, 0.3) is 5.56 Å². The number of hydrogen-bond acceptors (Lipinski definition) is 8. The normalized spacial score (nSPS) is 10.6. The Balaban J connectivity index is 1.55. The van der Waals surface area contributed by atoms with Crippen molar-refractivity contribution >= 4 is 40.1 Å². The Hall–Kier alpha value is -2.98. The molecule has 10 heteroatoms. The van der Waals surface area contributed by atoms with Crippen LogP contribution in [0.4, 0.5) is 5.13 Å². The molecule has 0 fully saturated rings. The zero-order valence-electron chi connectivity index (χ0n) is 17.1. The minimum Gasteiger partial charge on any atom is -0.466 e. The van der Waals surface area contributed by atoms with Gasteiger partial charge in [0, 0.05) is 23.1 Å². The van der Waals surface area contributed by atoms with Crippen LogP contribution in [-0.4, -0.2) is 39.2 Å². The molecule has 0 aliphatic heterocycles. The number of nitrogens with one attached hydrogen (secondary N) is 2. The Morgan fingerprint density at radius 3 is 2.71 bits per heavy atom. The van der Waals surface area contributed by atoms with Gasteiger partial charge in [0.05, 0.1) is 24.5 Å². The topological polar surface area (TPSA) is 114 Å². The molecule has 1 aromatic carbocycles. The number of nitrogens with zero attached hydrogens (tertiary/aromatic N) is 2. The molecule has 1 amide bonds. The van der Waals surface area contributed by atoms with E-state index in [0.717, 1.165) is 17.3 Å². The van der Waals surface area contributed by atoms with Crippen LogP contribution >= 0.6 is 23.1 Å². The zero-order chi connectivity index (χ0) is 22.2. The standard InChI is InChI=1S/C21H22N4O4S2/c1-3-29-18(27)10-15-11-30-21(23-15)24-17(26)12-31-20-22-13(2)16(19(28)25-20)9-14-7-5-4-6-8-14/h4-8,11H,3,9-10,12H2,1-2H3,(H,22,25,28)(H,23,24,26). The van der Waals surface area contributed by atoms with E-state index in [1.54, 1.807) is 19.2 Å². The SMILES string of the molecule is CCOC(=O)Cc1csc(NC(=O)CSc2nc(C)c(Cc3ccccc3)c(=O)[nH]2)n1. The van der Waals surface area contributed by atoms with Crippen LogP contribution in [0.1, 0.15) is 29.4 Å². The lowest BCUT2D eigenvalue weighted by Crippen LogP contribution is -2.19. The molecule has 0 radical (unpaired) electrons. The Labute approximate surface area is 187 Å². The number of amides is 1. The summed E-state index contributed by atoms with van der Waals surface area (Å²) in [7, 11) is 0. The molecule has 2 N–H and O–H groups in total. The minimum absolute atomic E-state index is 0.0627. The number of carbonyl (C=O) groups is 2. The maximum Gasteiger partial charge on any atom is 0.311 e. The molecule has 0 aliphatic carbocycles. The molecule has 8 nitrogen and oxygen atoms in total. The number of aromatic nitrogens is 3. The fourth-order valence-electron chi connectivity index (χ4n) is 2.76. The number of aromatic amines is 1. The summed E-state index contributed by atoms with van der Waals surface area (Å²) >= 11 is 2.37. The van der Waals surface area contributed by atoms with Crippen molar-refractivity contribution in [1.82, 2.24) is 15.0 Å². The van der Waals surface area contributed by atoms with Crippen molar-refractivity contribution in [3.05, 3.63) is 68.6 Å².